The van der Waals surface area contributed by atoms with Crippen LogP contribution in [0.1, 0.15) is 13.8 Å². The van der Waals surface area contributed by atoms with Gasteiger partial charge in [-0.15, -0.1) is 0 Å². The number of nitrogens with zero attached hydrogens (tertiary/aromatic N) is 1. The topological polar surface area (TPSA) is 3.01 Å². The summed E-state index contributed by atoms with van der Waals surface area (Å²) >= 11 is 0. The third-order valence-corrected chi connectivity index (χ3v) is 1.15. The lowest BCUT2D eigenvalue weighted by Gasteiger charge is -1.85. The van der Waals surface area contributed by atoms with Crippen LogP contribution in [0.4, 0.5) is 0 Å². The highest BCUT2D eigenvalue weighted by Gasteiger charge is 1.86. The smallest absolute Gasteiger partial charge is 0.171 e. The molecule has 0 aromatic rings. The molecule has 1 nitrogen and oxygen atoms in total. The fraction of sp³-hybridized carbons (Fsp3) is 0.375. The van der Waals surface area contributed by atoms with Gasteiger partial charge in [-0.25, -0.2) is 4.58 Å². The molecule has 0 aromatic heterocycles. The minimum absolute atomic E-state index is 1.25. The molecule has 1 heteroatoms. The van der Waals surface area contributed by atoms with E-state index in [2.05, 4.69) is 19.6 Å². The predicted octanol–water partition coefficient (Wildman–Crippen LogP) is 1.81. The summed E-state index contributed by atoms with van der Waals surface area (Å²) in [5.41, 5.74) is 1.25. The summed E-state index contributed by atoms with van der Waals surface area (Å²) in [5, 5.41) is 0. The van der Waals surface area contributed by atoms with E-state index in [-0.39, 0.29) is 0 Å². The molecular formula is C8H14N+. The van der Waals surface area contributed by atoms with Gasteiger partial charge in [-0.05, 0) is 20.4 Å². The highest BCUT2D eigenvalue weighted by molar-refractivity contribution is 5.73. The Balaban J connectivity index is 4.11. The Hall–Kier alpha value is -0.850. The third kappa shape index (κ3) is 3.71. The quantitative estimate of drug-likeness (QED) is 0.390. The summed E-state index contributed by atoms with van der Waals surface area (Å²) in [5.74, 6) is 0. The Bertz CT molecular complexity index is 152. The first-order chi connectivity index (χ1) is 4.20. The van der Waals surface area contributed by atoms with Crippen molar-refractivity contribution in [3.63, 3.8) is 0 Å². The summed E-state index contributed by atoms with van der Waals surface area (Å²) < 4.78 is 1.93. The maximum Gasteiger partial charge on any atom is 0.171 e. The number of allylic oxidation sites excluding steroid dienone is 2. The molecule has 0 bridgehead atoms. The summed E-state index contributed by atoms with van der Waals surface area (Å²) in [7, 11) is 1.96. The first-order valence-electron chi connectivity index (χ1n) is 3.03. The summed E-state index contributed by atoms with van der Waals surface area (Å²) in [6.45, 7) is 7.69. The Morgan fingerprint density at radius 3 is 2.44 bits per heavy atom. The van der Waals surface area contributed by atoms with Crippen LogP contribution in [0.5, 0.6) is 0 Å². The van der Waals surface area contributed by atoms with Gasteiger partial charge >= 0.3 is 0 Å². The van der Waals surface area contributed by atoms with Gasteiger partial charge in [0, 0.05) is 5.57 Å². The molecule has 0 rings (SSSR count). The van der Waals surface area contributed by atoms with Crippen molar-refractivity contribution in [1.29, 1.82) is 0 Å². The van der Waals surface area contributed by atoms with E-state index in [0.717, 1.165) is 0 Å². The summed E-state index contributed by atoms with van der Waals surface area (Å²) in [6.07, 6.45) is 5.85. The van der Waals surface area contributed by atoms with E-state index >= 15 is 0 Å². The molecule has 0 aromatic carbocycles. The van der Waals surface area contributed by atoms with Crippen LogP contribution in [0.15, 0.2) is 24.4 Å². The number of rotatable bonds is 2. The number of hydrogen-bond donors (Lipinski definition) is 0. The van der Waals surface area contributed by atoms with Crippen LogP contribution >= 0.6 is 0 Å². The minimum atomic E-state index is 1.25. The lowest BCUT2D eigenvalue weighted by atomic mass is 10.3. The van der Waals surface area contributed by atoms with Crippen LogP contribution in [0.2, 0.25) is 0 Å². The van der Waals surface area contributed by atoms with E-state index in [4.69, 9.17) is 0 Å². The van der Waals surface area contributed by atoms with Gasteiger partial charge in [0.25, 0.3) is 0 Å². The maximum absolute atomic E-state index is 3.62. The van der Waals surface area contributed by atoms with Crippen LogP contribution in [0.3, 0.4) is 0 Å². The van der Waals surface area contributed by atoms with Gasteiger partial charge in [0.1, 0.15) is 7.05 Å². The SMILES string of the molecule is C=C[N+](C)=C/C(C)=C\C. The maximum atomic E-state index is 3.62. The van der Waals surface area contributed by atoms with E-state index in [1.165, 1.54) is 5.57 Å². The predicted molar refractivity (Wildman–Crippen MR) is 41.9 cm³/mol. The van der Waals surface area contributed by atoms with Gasteiger partial charge in [0.15, 0.2) is 12.4 Å². The molecule has 0 aliphatic carbocycles. The summed E-state index contributed by atoms with van der Waals surface area (Å²) in [4.78, 5) is 0. The molecule has 0 heterocycles. The normalized spacial score (nSPS) is 13.7. The average Bonchev–Trinajstić information content (AvgIpc) is 1.87. The molecule has 0 fully saturated rings. The van der Waals surface area contributed by atoms with Crippen LogP contribution in [-0.4, -0.2) is 17.8 Å². The van der Waals surface area contributed by atoms with Crippen molar-refractivity contribution >= 4 is 6.21 Å². The Morgan fingerprint density at radius 2 is 2.11 bits per heavy atom. The molecule has 0 aliphatic rings. The molecule has 50 valence electrons. The van der Waals surface area contributed by atoms with Crippen LogP contribution in [0, 0.1) is 0 Å². The fourth-order valence-electron chi connectivity index (χ4n) is 0.448. The van der Waals surface area contributed by atoms with Gasteiger partial charge in [-0.1, -0.05) is 6.08 Å². The lowest BCUT2D eigenvalue weighted by molar-refractivity contribution is -0.415. The molecule has 0 N–H and O–H groups in total. The zero-order valence-corrected chi connectivity index (χ0v) is 6.39. The van der Waals surface area contributed by atoms with E-state index in [1.807, 2.05) is 24.8 Å². The van der Waals surface area contributed by atoms with Crippen molar-refractivity contribution in [2.24, 2.45) is 0 Å². The van der Waals surface area contributed by atoms with Gasteiger partial charge in [-0.3, -0.25) is 0 Å². The van der Waals surface area contributed by atoms with Gasteiger partial charge in [0.05, 0.1) is 0 Å². The van der Waals surface area contributed by atoms with Crippen molar-refractivity contribution < 1.29 is 4.58 Å². The second-order valence-corrected chi connectivity index (χ2v) is 2.01. The lowest BCUT2D eigenvalue weighted by Crippen LogP contribution is -1.97. The van der Waals surface area contributed by atoms with E-state index in [9.17, 15) is 0 Å². The monoisotopic (exact) mass is 124 g/mol. The first kappa shape index (κ1) is 8.15. The molecule has 9 heavy (non-hydrogen) atoms. The molecule has 0 aliphatic heterocycles. The van der Waals surface area contributed by atoms with Crippen LogP contribution in [0.25, 0.3) is 0 Å². The van der Waals surface area contributed by atoms with E-state index in [1.54, 1.807) is 6.20 Å². The van der Waals surface area contributed by atoms with Crippen LogP contribution in [-0.2, 0) is 0 Å². The molecule has 0 saturated carbocycles. The first-order valence-corrected chi connectivity index (χ1v) is 3.03. The van der Waals surface area contributed by atoms with Crippen molar-refractivity contribution in [3.8, 4) is 0 Å². The van der Waals surface area contributed by atoms with Crippen molar-refractivity contribution in [2.45, 2.75) is 13.8 Å². The Kier molecular flexibility index (Phi) is 3.69. The van der Waals surface area contributed by atoms with Crippen molar-refractivity contribution in [2.75, 3.05) is 7.05 Å². The Labute approximate surface area is 57.0 Å². The molecule has 0 atom stereocenters. The third-order valence-electron chi connectivity index (χ3n) is 1.15. The summed E-state index contributed by atoms with van der Waals surface area (Å²) in [6, 6.07) is 0. The number of hydrogen-bond acceptors (Lipinski definition) is 0. The van der Waals surface area contributed by atoms with Gasteiger partial charge in [-0.2, -0.15) is 0 Å². The Morgan fingerprint density at radius 1 is 1.56 bits per heavy atom. The van der Waals surface area contributed by atoms with Crippen molar-refractivity contribution in [3.05, 3.63) is 24.4 Å². The highest BCUT2D eigenvalue weighted by atomic mass is 14.9. The fourth-order valence-corrected chi connectivity index (χ4v) is 0.448. The largest absolute Gasteiger partial charge is 0.208 e. The van der Waals surface area contributed by atoms with E-state index < -0.39 is 0 Å². The molecule has 0 amide bonds. The molecule has 0 radical (unpaired) electrons. The van der Waals surface area contributed by atoms with Gasteiger partial charge < -0.3 is 0 Å². The molecule has 0 saturated heterocycles. The van der Waals surface area contributed by atoms with Gasteiger partial charge in [0.2, 0.25) is 0 Å². The molecule has 0 spiro atoms. The van der Waals surface area contributed by atoms with E-state index in [0.29, 0.717) is 0 Å². The van der Waals surface area contributed by atoms with Crippen LogP contribution < -0.4 is 0 Å². The molecule has 0 unspecified atom stereocenters. The molecular weight excluding hydrogens is 110 g/mol. The minimum Gasteiger partial charge on any atom is -0.208 e. The second kappa shape index (κ2) is 4.07. The highest BCUT2D eigenvalue weighted by Crippen LogP contribution is 1.84. The second-order valence-electron chi connectivity index (χ2n) is 2.01. The zero-order valence-electron chi connectivity index (χ0n) is 6.39. The van der Waals surface area contributed by atoms with Crippen molar-refractivity contribution in [1.82, 2.24) is 0 Å². The standard InChI is InChI=1S/C8H14N/c1-5-8(3)7-9(4)6-2/h5-7H,2H2,1,3-4H3/q+1/b8-5-,9-7?. The zero-order chi connectivity index (χ0) is 7.28. The average molecular weight is 124 g/mol.